The first kappa shape index (κ1) is 33.5. The Labute approximate surface area is 251 Å². The molecule has 3 aromatic carbocycles. The third kappa shape index (κ3) is 12.4. The minimum Gasteiger partial charge on any atom is -0.494 e. The van der Waals surface area contributed by atoms with Crippen LogP contribution in [0.4, 0.5) is 24.5 Å². The Hall–Kier alpha value is -5.04. The number of nitrogens with two attached hydrogens (primary N) is 2. The van der Waals surface area contributed by atoms with E-state index in [2.05, 4.69) is 0 Å². The fourth-order valence-electron chi connectivity index (χ4n) is 3.55. The van der Waals surface area contributed by atoms with Gasteiger partial charge in [-0.05, 0) is 72.7 Å². The Morgan fingerprint density at radius 1 is 0.705 bits per heavy atom. The minimum absolute atomic E-state index is 0.00901. The number of carbonyl (C=O) groups is 3. The van der Waals surface area contributed by atoms with Gasteiger partial charge in [0.1, 0.15) is 24.7 Å². The van der Waals surface area contributed by atoms with E-state index >= 15 is 0 Å². The summed E-state index contributed by atoms with van der Waals surface area (Å²) in [6.07, 6.45) is -2.58. The summed E-state index contributed by atoms with van der Waals surface area (Å²) in [5.41, 5.74) is 13.1. The number of halogens is 3. The van der Waals surface area contributed by atoms with Crippen LogP contribution in [0.25, 0.3) is 6.08 Å². The van der Waals surface area contributed by atoms with Crippen molar-refractivity contribution >= 4 is 35.4 Å². The Morgan fingerprint density at radius 3 is 1.95 bits per heavy atom. The molecule has 0 fully saturated rings. The van der Waals surface area contributed by atoms with Crippen LogP contribution in [0, 0.1) is 0 Å². The number of ether oxygens (including phenoxy) is 5. The van der Waals surface area contributed by atoms with Crippen molar-refractivity contribution < 1.29 is 51.2 Å². The molecule has 10 nitrogen and oxygen atoms in total. The number of nitrogen functional groups attached to an aromatic ring is 2. The van der Waals surface area contributed by atoms with Gasteiger partial charge in [-0.25, -0.2) is 14.4 Å². The second-order valence-electron chi connectivity index (χ2n) is 9.19. The number of hydrogen-bond donors (Lipinski definition) is 2. The lowest BCUT2D eigenvalue weighted by Crippen LogP contribution is -2.14. The zero-order valence-electron chi connectivity index (χ0n) is 23.5. The Bertz CT molecular complexity index is 1410. The maximum atomic E-state index is 12.4. The molecule has 0 saturated carbocycles. The average Bonchev–Trinajstić information content (AvgIpc) is 2.97. The SMILES string of the molecule is Nc1cc(N)cc(C(=O)OCCOCCOC(=O)/C=C/c2ccc(OC(=O)c3ccc(OCCCC(F)(F)F)cc3)cc2)c1. The molecule has 0 aliphatic rings. The van der Waals surface area contributed by atoms with E-state index < -0.39 is 30.5 Å². The highest BCUT2D eigenvalue weighted by Crippen LogP contribution is 2.22. The number of hydrogen-bond acceptors (Lipinski definition) is 10. The number of rotatable bonds is 15. The van der Waals surface area contributed by atoms with Gasteiger partial charge >= 0.3 is 24.1 Å². The van der Waals surface area contributed by atoms with Crippen molar-refractivity contribution in [1.29, 1.82) is 0 Å². The standard InChI is InChI=1S/C31H31F3N2O8/c32-31(33,34)12-1-13-41-26-9-5-22(6-10-26)30(39)44-27-7-2-21(3-8-27)4-11-28(37)42-16-14-40-15-17-43-29(38)23-18-24(35)20-25(36)19-23/h2-11,18-20H,1,12-17,35-36H2/b11-4+. The summed E-state index contributed by atoms with van der Waals surface area (Å²) in [7, 11) is 0. The van der Waals surface area contributed by atoms with Crippen LogP contribution in [0.1, 0.15) is 39.1 Å². The van der Waals surface area contributed by atoms with Crippen molar-refractivity contribution in [3.8, 4) is 11.5 Å². The molecular weight excluding hydrogens is 585 g/mol. The predicted molar refractivity (Wildman–Crippen MR) is 155 cm³/mol. The fourth-order valence-corrected chi connectivity index (χ4v) is 3.55. The molecule has 13 heteroatoms. The fraction of sp³-hybridized carbons (Fsp3) is 0.258. The third-order valence-electron chi connectivity index (χ3n) is 5.61. The van der Waals surface area contributed by atoms with Crippen molar-refractivity contribution in [2.24, 2.45) is 0 Å². The van der Waals surface area contributed by atoms with Crippen molar-refractivity contribution in [1.82, 2.24) is 0 Å². The van der Waals surface area contributed by atoms with Crippen LogP contribution in [-0.2, 0) is 19.0 Å². The van der Waals surface area contributed by atoms with E-state index in [-0.39, 0.29) is 56.3 Å². The van der Waals surface area contributed by atoms with Gasteiger partial charge in [0.25, 0.3) is 0 Å². The summed E-state index contributed by atoms with van der Waals surface area (Å²) in [6.45, 7) is 0.0794. The van der Waals surface area contributed by atoms with Crippen LogP contribution in [0.5, 0.6) is 11.5 Å². The normalized spacial score (nSPS) is 11.2. The molecule has 3 aromatic rings. The summed E-state index contributed by atoms with van der Waals surface area (Å²) >= 11 is 0. The van der Waals surface area contributed by atoms with E-state index in [1.807, 2.05) is 0 Å². The molecule has 3 rings (SSSR count). The summed E-state index contributed by atoms with van der Waals surface area (Å²) in [5, 5.41) is 0. The average molecular weight is 617 g/mol. The van der Waals surface area contributed by atoms with Gasteiger partial charge in [0.2, 0.25) is 0 Å². The van der Waals surface area contributed by atoms with Crippen LogP contribution in [0.3, 0.4) is 0 Å². The van der Waals surface area contributed by atoms with Gasteiger partial charge < -0.3 is 35.2 Å². The predicted octanol–water partition coefficient (Wildman–Crippen LogP) is 5.22. The maximum Gasteiger partial charge on any atom is 0.389 e. The zero-order chi connectivity index (χ0) is 32.0. The topological polar surface area (TPSA) is 149 Å². The Kier molecular flexibility index (Phi) is 12.6. The smallest absolute Gasteiger partial charge is 0.389 e. The van der Waals surface area contributed by atoms with Crippen LogP contribution in [0.15, 0.2) is 72.8 Å². The van der Waals surface area contributed by atoms with E-state index in [1.165, 1.54) is 54.6 Å². The van der Waals surface area contributed by atoms with Crippen molar-refractivity contribution in [3.63, 3.8) is 0 Å². The second kappa shape index (κ2) is 16.6. The molecule has 0 atom stereocenters. The number of alkyl halides is 3. The van der Waals surface area contributed by atoms with E-state index in [9.17, 15) is 27.6 Å². The van der Waals surface area contributed by atoms with Gasteiger partial charge in [0.05, 0.1) is 30.9 Å². The minimum atomic E-state index is -4.23. The molecule has 0 aliphatic heterocycles. The summed E-state index contributed by atoms with van der Waals surface area (Å²) in [4.78, 5) is 36.3. The highest BCUT2D eigenvalue weighted by atomic mass is 19.4. The van der Waals surface area contributed by atoms with Crippen molar-refractivity contribution in [2.45, 2.75) is 19.0 Å². The lowest BCUT2D eigenvalue weighted by molar-refractivity contribution is -0.139. The van der Waals surface area contributed by atoms with Crippen LogP contribution in [0.2, 0.25) is 0 Å². The summed E-state index contributed by atoms with van der Waals surface area (Å²) in [5.74, 6) is -1.21. The van der Waals surface area contributed by atoms with E-state index in [0.29, 0.717) is 22.7 Å². The molecule has 0 spiro atoms. The van der Waals surface area contributed by atoms with Crippen LogP contribution in [-0.4, -0.2) is 57.1 Å². The molecule has 44 heavy (non-hydrogen) atoms. The molecule has 0 radical (unpaired) electrons. The number of esters is 3. The number of benzene rings is 3. The number of anilines is 2. The van der Waals surface area contributed by atoms with Gasteiger partial charge in [0.15, 0.2) is 0 Å². The largest absolute Gasteiger partial charge is 0.494 e. The quantitative estimate of drug-likeness (QED) is 0.0765. The Balaban J connectivity index is 1.30. The van der Waals surface area contributed by atoms with Crippen molar-refractivity contribution in [2.75, 3.05) is 44.5 Å². The summed E-state index contributed by atoms with van der Waals surface area (Å²) in [6, 6.07) is 16.6. The first-order valence-corrected chi connectivity index (χ1v) is 13.4. The maximum absolute atomic E-state index is 12.4. The lowest BCUT2D eigenvalue weighted by atomic mass is 10.2. The van der Waals surface area contributed by atoms with Gasteiger partial charge in [-0.3, -0.25) is 0 Å². The highest BCUT2D eigenvalue weighted by molar-refractivity contribution is 5.92. The van der Waals surface area contributed by atoms with Crippen molar-refractivity contribution in [3.05, 3.63) is 89.5 Å². The summed E-state index contributed by atoms with van der Waals surface area (Å²) < 4.78 is 62.6. The molecule has 0 aliphatic carbocycles. The van der Waals surface area contributed by atoms with Gasteiger partial charge in [-0.2, -0.15) is 13.2 Å². The van der Waals surface area contributed by atoms with E-state index in [0.717, 1.165) is 0 Å². The molecule has 0 bridgehead atoms. The van der Waals surface area contributed by atoms with Gasteiger partial charge in [-0.1, -0.05) is 12.1 Å². The Morgan fingerprint density at radius 2 is 1.32 bits per heavy atom. The molecule has 0 amide bonds. The number of carbonyl (C=O) groups excluding carboxylic acids is 3. The molecule has 0 aromatic heterocycles. The zero-order valence-corrected chi connectivity index (χ0v) is 23.5. The lowest BCUT2D eigenvalue weighted by Gasteiger charge is -2.09. The molecule has 0 unspecified atom stereocenters. The first-order chi connectivity index (χ1) is 21.0. The third-order valence-corrected chi connectivity index (χ3v) is 5.61. The van der Waals surface area contributed by atoms with Gasteiger partial charge in [0, 0.05) is 23.9 Å². The molecule has 4 N–H and O–H groups in total. The molecule has 0 saturated heterocycles. The van der Waals surface area contributed by atoms with Crippen LogP contribution >= 0.6 is 0 Å². The van der Waals surface area contributed by atoms with Crippen LogP contribution < -0.4 is 20.9 Å². The monoisotopic (exact) mass is 616 g/mol. The molecule has 234 valence electrons. The molecule has 0 heterocycles. The first-order valence-electron chi connectivity index (χ1n) is 13.4. The molecular formula is C31H31F3N2O8. The van der Waals surface area contributed by atoms with E-state index in [4.69, 9.17) is 35.2 Å². The van der Waals surface area contributed by atoms with Gasteiger partial charge in [-0.15, -0.1) is 0 Å². The van der Waals surface area contributed by atoms with E-state index in [1.54, 1.807) is 24.3 Å². The highest BCUT2D eigenvalue weighted by Gasteiger charge is 2.26. The second-order valence-corrected chi connectivity index (χ2v) is 9.19.